The van der Waals surface area contributed by atoms with Crippen LogP contribution in [0.1, 0.15) is 26.3 Å². The highest BCUT2D eigenvalue weighted by atomic mass is 16.3. The highest BCUT2D eigenvalue weighted by Crippen LogP contribution is 2.41. The smallest absolute Gasteiger partial charge is 0.166 e. The van der Waals surface area contributed by atoms with Crippen LogP contribution in [0.2, 0.25) is 0 Å². The van der Waals surface area contributed by atoms with Crippen molar-refractivity contribution >= 4 is 43.7 Å². The summed E-state index contributed by atoms with van der Waals surface area (Å²) in [7, 11) is 0. The number of fused-ring (bicyclic) bond motifs is 6. The Hall–Kier alpha value is -6.92. The number of benzene rings is 6. The van der Waals surface area contributed by atoms with Gasteiger partial charge in [0.15, 0.2) is 17.5 Å². The maximum atomic E-state index is 6.28. The van der Waals surface area contributed by atoms with Crippen LogP contribution in [-0.2, 0) is 5.41 Å². The van der Waals surface area contributed by atoms with Crippen molar-refractivity contribution in [1.82, 2.24) is 24.5 Å². The monoisotopic (exact) mass is 697 g/mol. The lowest BCUT2D eigenvalue weighted by molar-refractivity contribution is 0.590. The van der Waals surface area contributed by atoms with Gasteiger partial charge < -0.3 is 8.98 Å². The highest BCUT2D eigenvalue weighted by Gasteiger charge is 2.21. The largest absolute Gasteiger partial charge is 0.456 e. The van der Waals surface area contributed by atoms with Crippen molar-refractivity contribution in [3.8, 4) is 51.0 Å². The average Bonchev–Trinajstić information content (AvgIpc) is 3.76. The maximum Gasteiger partial charge on any atom is 0.166 e. The van der Waals surface area contributed by atoms with Gasteiger partial charge >= 0.3 is 0 Å². The Bertz CT molecular complexity index is 3020. The standard InChI is InChI=1S/C48H35N5O/c1-48(2,3)33-23-20-31(21-24-33)46-50-45(30-12-5-4-6-13-30)51-47(52-46)37-26-27-49-29-41(37)53-39-17-9-7-14-35(39)36-25-22-32(28-40(36)53)34-16-11-19-43-44(34)38-15-8-10-18-42(38)54-43/h4-29H,1-3H3. The number of hydrogen-bond donors (Lipinski definition) is 0. The van der Waals surface area contributed by atoms with Crippen molar-refractivity contribution in [2.75, 3.05) is 0 Å². The molecule has 4 aromatic heterocycles. The first-order chi connectivity index (χ1) is 26.4. The first-order valence-corrected chi connectivity index (χ1v) is 18.2. The molecular weight excluding hydrogens is 663 g/mol. The molecule has 0 unspecified atom stereocenters. The number of pyridine rings is 1. The number of hydrogen-bond acceptors (Lipinski definition) is 5. The van der Waals surface area contributed by atoms with Crippen molar-refractivity contribution in [1.29, 1.82) is 0 Å². The molecule has 0 amide bonds. The fourth-order valence-corrected chi connectivity index (χ4v) is 7.63. The third-order valence-corrected chi connectivity index (χ3v) is 10.3. The summed E-state index contributed by atoms with van der Waals surface area (Å²) in [4.78, 5) is 20.0. The van der Waals surface area contributed by atoms with Gasteiger partial charge in [-0.3, -0.25) is 4.98 Å². The molecule has 0 aliphatic rings. The topological polar surface area (TPSA) is 69.6 Å². The Morgan fingerprint density at radius 3 is 1.94 bits per heavy atom. The molecule has 0 radical (unpaired) electrons. The molecule has 0 fully saturated rings. The van der Waals surface area contributed by atoms with Crippen LogP contribution in [0.4, 0.5) is 0 Å². The normalized spacial score (nSPS) is 12.0. The van der Waals surface area contributed by atoms with Gasteiger partial charge in [0.2, 0.25) is 0 Å². The zero-order valence-corrected chi connectivity index (χ0v) is 30.2. The van der Waals surface area contributed by atoms with Gasteiger partial charge in [0.1, 0.15) is 11.2 Å². The fourth-order valence-electron chi connectivity index (χ4n) is 7.63. The van der Waals surface area contributed by atoms with E-state index in [4.69, 9.17) is 19.4 Å². The van der Waals surface area contributed by atoms with E-state index in [-0.39, 0.29) is 5.41 Å². The van der Waals surface area contributed by atoms with Crippen molar-refractivity contribution in [2.24, 2.45) is 0 Å². The molecule has 54 heavy (non-hydrogen) atoms. The molecule has 6 heteroatoms. The summed E-state index contributed by atoms with van der Waals surface area (Å²) in [5.74, 6) is 1.81. The number of nitrogens with zero attached hydrogens (tertiary/aromatic N) is 5. The quantitative estimate of drug-likeness (QED) is 0.179. The second-order valence-corrected chi connectivity index (χ2v) is 14.8. The average molecular weight is 698 g/mol. The van der Waals surface area contributed by atoms with E-state index >= 15 is 0 Å². The van der Waals surface area contributed by atoms with Crippen molar-refractivity contribution in [3.63, 3.8) is 0 Å². The maximum absolute atomic E-state index is 6.28. The van der Waals surface area contributed by atoms with E-state index in [1.54, 1.807) is 0 Å². The SMILES string of the molecule is CC(C)(C)c1ccc(-c2nc(-c3ccccc3)nc(-c3ccncc3-n3c4ccccc4c4ccc(-c5cccc6oc7ccccc7c56)cc43)n2)cc1. The molecule has 6 nitrogen and oxygen atoms in total. The Morgan fingerprint density at radius 2 is 1.15 bits per heavy atom. The van der Waals surface area contributed by atoms with Crippen molar-refractivity contribution < 1.29 is 4.42 Å². The summed E-state index contributed by atoms with van der Waals surface area (Å²) >= 11 is 0. The minimum Gasteiger partial charge on any atom is -0.456 e. The minimum atomic E-state index is 0.0327. The molecule has 6 aromatic carbocycles. The lowest BCUT2D eigenvalue weighted by Crippen LogP contribution is -2.10. The van der Waals surface area contributed by atoms with E-state index in [1.807, 2.05) is 67.0 Å². The van der Waals surface area contributed by atoms with Gasteiger partial charge in [0, 0.05) is 44.4 Å². The number of aromatic nitrogens is 5. The van der Waals surface area contributed by atoms with Crippen LogP contribution in [0.3, 0.4) is 0 Å². The molecule has 258 valence electrons. The van der Waals surface area contributed by atoms with Gasteiger partial charge in [-0.05, 0) is 52.4 Å². The fraction of sp³-hybridized carbons (Fsp3) is 0.0833. The van der Waals surface area contributed by atoms with E-state index in [0.29, 0.717) is 17.5 Å². The van der Waals surface area contributed by atoms with Crippen molar-refractivity contribution in [2.45, 2.75) is 26.2 Å². The second-order valence-electron chi connectivity index (χ2n) is 14.8. The molecule has 0 aliphatic carbocycles. The Balaban J connectivity index is 1.20. The lowest BCUT2D eigenvalue weighted by atomic mass is 9.87. The molecule has 0 saturated carbocycles. The van der Waals surface area contributed by atoms with Crippen LogP contribution < -0.4 is 0 Å². The number of rotatable bonds is 5. The summed E-state index contributed by atoms with van der Waals surface area (Å²) in [5, 5.41) is 4.51. The van der Waals surface area contributed by atoms with Gasteiger partial charge in [-0.15, -0.1) is 0 Å². The Morgan fingerprint density at radius 1 is 0.500 bits per heavy atom. The van der Waals surface area contributed by atoms with E-state index < -0.39 is 0 Å². The van der Waals surface area contributed by atoms with Crippen LogP contribution in [0.25, 0.3) is 94.7 Å². The summed E-state index contributed by atoms with van der Waals surface area (Å²) in [5.41, 5.74) is 11.0. The summed E-state index contributed by atoms with van der Waals surface area (Å²) < 4.78 is 8.58. The van der Waals surface area contributed by atoms with Gasteiger partial charge in [-0.2, -0.15) is 0 Å². The zero-order chi connectivity index (χ0) is 36.4. The lowest BCUT2D eigenvalue weighted by Gasteiger charge is -2.19. The minimum absolute atomic E-state index is 0.0327. The van der Waals surface area contributed by atoms with E-state index in [2.05, 4.69) is 121 Å². The van der Waals surface area contributed by atoms with E-state index in [1.165, 1.54) is 5.56 Å². The van der Waals surface area contributed by atoms with Gasteiger partial charge in [-0.25, -0.2) is 15.0 Å². The van der Waals surface area contributed by atoms with Gasteiger partial charge in [-0.1, -0.05) is 136 Å². The zero-order valence-electron chi connectivity index (χ0n) is 30.2. The summed E-state index contributed by atoms with van der Waals surface area (Å²) in [6.07, 6.45) is 3.73. The Kier molecular flexibility index (Phi) is 7.27. The summed E-state index contributed by atoms with van der Waals surface area (Å²) in [6.45, 7) is 6.66. The van der Waals surface area contributed by atoms with Gasteiger partial charge in [0.25, 0.3) is 0 Å². The molecule has 4 heterocycles. The number of para-hydroxylation sites is 2. The molecule has 0 aliphatic heterocycles. The first kappa shape index (κ1) is 31.8. The summed E-state index contributed by atoms with van der Waals surface area (Å²) in [6, 6.07) is 50.5. The van der Waals surface area contributed by atoms with E-state index in [9.17, 15) is 0 Å². The van der Waals surface area contributed by atoms with Crippen LogP contribution in [-0.4, -0.2) is 24.5 Å². The molecule has 0 saturated heterocycles. The van der Waals surface area contributed by atoms with Gasteiger partial charge in [0.05, 0.1) is 22.9 Å². The van der Waals surface area contributed by atoms with Crippen LogP contribution >= 0.6 is 0 Å². The predicted octanol–water partition coefficient (Wildman–Crippen LogP) is 12.2. The molecule has 0 spiro atoms. The Labute approximate surface area is 312 Å². The predicted molar refractivity (Wildman–Crippen MR) is 220 cm³/mol. The number of furan rings is 1. The third kappa shape index (κ3) is 5.26. The highest BCUT2D eigenvalue weighted by molar-refractivity contribution is 6.15. The second kappa shape index (κ2) is 12.3. The first-order valence-electron chi connectivity index (χ1n) is 18.2. The van der Waals surface area contributed by atoms with Crippen molar-refractivity contribution in [3.05, 3.63) is 164 Å². The van der Waals surface area contributed by atoms with E-state index in [0.717, 1.165) is 77.2 Å². The van der Waals surface area contributed by atoms with Crippen LogP contribution in [0, 0.1) is 0 Å². The van der Waals surface area contributed by atoms with Crippen LogP contribution in [0.15, 0.2) is 162 Å². The molecule has 0 bridgehead atoms. The molecular formula is C48H35N5O. The molecule has 10 rings (SSSR count). The molecule has 0 atom stereocenters. The third-order valence-electron chi connectivity index (χ3n) is 10.3. The molecule has 10 aromatic rings. The van der Waals surface area contributed by atoms with Crippen LogP contribution in [0.5, 0.6) is 0 Å². The molecule has 0 N–H and O–H groups in total.